The number of nitrogens with zero attached hydrogens (tertiary/aromatic N) is 3. The molecule has 12 nitrogen and oxygen atoms in total. The Hall–Kier alpha value is -5.13. The molecule has 1 aromatic heterocycles. The summed E-state index contributed by atoms with van der Waals surface area (Å²) in [7, 11) is 1.53. The summed E-state index contributed by atoms with van der Waals surface area (Å²) in [5.41, 5.74) is 13.5. The average Bonchev–Trinajstić information content (AvgIpc) is 3.40. The molecule has 0 radical (unpaired) electrons. The highest BCUT2D eigenvalue weighted by Gasteiger charge is 2.29. The Morgan fingerprint density at radius 1 is 1.11 bits per heavy atom. The van der Waals surface area contributed by atoms with E-state index in [-0.39, 0.29) is 29.3 Å². The van der Waals surface area contributed by atoms with E-state index in [0.717, 1.165) is 18.2 Å². The van der Waals surface area contributed by atoms with Crippen molar-refractivity contribution in [3.05, 3.63) is 66.9 Å². The van der Waals surface area contributed by atoms with Crippen LogP contribution in [0.3, 0.4) is 0 Å². The Morgan fingerprint density at radius 3 is 2.55 bits per heavy atom. The van der Waals surface area contributed by atoms with Crippen LogP contribution in [-0.4, -0.2) is 47.4 Å². The van der Waals surface area contributed by atoms with Crippen molar-refractivity contribution in [3.8, 4) is 5.75 Å². The number of nitrogens with two attached hydrogens (primary N) is 2. The largest absolute Gasteiger partial charge is 0.494 e. The quantitative estimate of drug-likeness (QED) is 0.253. The third kappa shape index (κ3) is 5.64. The summed E-state index contributed by atoms with van der Waals surface area (Å²) in [5.74, 6) is -0.710. The van der Waals surface area contributed by atoms with Crippen LogP contribution in [-0.2, 0) is 9.59 Å². The zero-order valence-corrected chi connectivity index (χ0v) is 20.7. The second kappa shape index (κ2) is 11.3. The first-order valence-corrected chi connectivity index (χ1v) is 11.8. The van der Waals surface area contributed by atoms with Gasteiger partial charge in [-0.1, -0.05) is 18.7 Å². The van der Waals surface area contributed by atoms with Crippen molar-refractivity contribution >= 4 is 52.2 Å². The molecule has 1 fully saturated rings. The number of ether oxygens (including phenoxy) is 1. The van der Waals surface area contributed by atoms with E-state index in [9.17, 15) is 14.4 Å². The topological polar surface area (TPSA) is 178 Å². The fourth-order valence-corrected chi connectivity index (χ4v) is 4.18. The molecule has 0 saturated carbocycles. The second-order valence-corrected chi connectivity index (χ2v) is 8.45. The molecule has 4 rings (SSSR count). The van der Waals surface area contributed by atoms with Gasteiger partial charge in [0.05, 0.1) is 24.2 Å². The van der Waals surface area contributed by atoms with E-state index in [0.29, 0.717) is 35.8 Å². The molecular formula is C26H28N8O4. The molecule has 2 aromatic carbocycles. The number of hydrogen-bond acceptors (Lipinski definition) is 9. The molecule has 38 heavy (non-hydrogen) atoms. The normalized spacial score (nSPS) is 14.4. The molecule has 3 amide bonds. The molecule has 1 saturated heterocycles. The number of aromatic nitrogens is 2. The molecule has 1 aliphatic heterocycles. The summed E-state index contributed by atoms with van der Waals surface area (Å²) < 4.78 is 5.57. The highest BCUT2D eigenvalue weighted by atomic mass is 16.5. The molecule has 0 unspecified atom stereocenters. The predicted molar refractivity (Wildman–Crippen MR) is 145 cm³/mol. The summed E-state index contributed by atoms with van der Waals surface area (Å²) in [4.78, 5) is 46.4. The highest BCUT2D eigenvalue weighted by molar-refractivity contribution is 6.02. The third-order valence-electron chi connectivity index (χ3n) is 6.02. The summed E-state index contributed by atoms with van der Waals surface area (Å²) in [6, 6.07) is 12.0. The Bertz CT molecular complexity index is 1390. The van der Waals surface area contributed by atoms with Crippen molar-refractivity contribution < 1.29 is 19.1 Å². The summed E-state index contributed by atoms with van der Waals surface area (Å²) in [6.45, 7) is 4.17. The average molecular weight is 517 g/mol. The third-order valence-corrected chi connectivity index (χ3v) is 6.02. The van der Waals surface area contributed by atoms with Gasteiger partial charge in [-0.3, -0.25) is 14.4 Å². The van der Waals surface area contributed by atoms with Gasteiger partial charge in [0.2, 0.25) is 17.8 Å². The number of anilines is 6. The van der Waals surface area contributed by atoms with Crippen LogP contribution in [0, 0.1) is 0 Å². The van der Waals surface area contributed by atoms with E-state index >= 15 is 0 Å². The van der Waals surface area contributed by atoms with Gasteiger partial charge in [-0.25, -0.2) is 4.98 Å². The van der Waals surface area contributed by atoms with Crippen molar-refractivity contribution in [3.63, 3.8) is 0 Å². The molecule has 196 valence electrons. The van der Waals surface area contributed by atoms with Crippen molar-refractivity contribution in [1.29, 1.82) is 0 Å². The van der Waals surface area contributed by atoms with Gasteiger partial charge in [-0.2, -0.15) is 4.98 Å². The SMILES string of the molecule is C=CC(=O)Nc1ccccc1Nc1nc(Nc2ccc(N3CCC[C@@H]3C(N)=O)cc2OC)ncc1C(N)=O. The number of hydrogen-bond donors (Lipinski definition) is 5. The van der Waals surface area contributed by atoms with Gasteiger partial charge in [0, 0.05) is 24.5 Å². The Kier molecular flexibility index (Phi) is 7.71. The zero-order chi connectivity index (χ0) is 27.2. The molecule has 12 heteroatoms. The lowest BCUT2D eigenvalue weighted by Crippen LogP contribution is -2.40. The number of methoxy groups -OCH3 is 1. The Labute approximate surface area is 219 Å². The second-order valence-electron chi connectivity index (χ2n) is 8.45. The molecule has 2 heterocycles. The van der Waals surface area contributed by atoms with Crippen molar-refractivity contribution in [2.45, 2.75) is 18.9 Å². The maximum absolute atomic E-state index is 12.1. The standard InChI is InChI=1S/C26H28N8O4/c1-3-22(35)30-17-7-4-5-8-18(17)31-25-16(23(27)36)14-29-26(33-25)32-19-11-10-15(13-21(19)38-2)34-12-6-9-20(34)24(28)37/h3-5,7-8,10-11,13-14,20H,1,6,9,12H2,2H3,(H2,27,36)(H2,28,37)(H,30,35)(H2,29,31,32,33)/t20-/m1/s1. The van der Waals surface area contributed by atoms with Crippen molar-refractivity contribution in [2.24, 2.45) is 11.5 Å². The van der Waals surface area contributed by atoms with Gasteiger partial charge in [0.25, 0.3) is 5.91 Å². The minimum absolute atomic E-state index is 0.0502. The van der Waals surface area contributed by atoms with Gasteiger partial charge in [0.1, 0.15) is 23.2 Å². The minimum Gasteiger partial charge on any atom is -0.494 e. The Morgan fingerprint density at radius 2 is 1.87 bits per heavy atom. The minimum atomic E-state index is -0.733. The number of rotatable bonds is 10. The number of nitrogens with one attached hydrogen (secondary N) is 3. The van der Waals surface area contributed by atoms with Crippen molar-refractivity contribution in [2.75, 3.05) is 34.5 Å². The van der Waals surface area contributed by atoms with Crippen LogP contribution in [0.2, 0.25) is 0 Å². The molecule has 1 atom stereocenters. The molecule has 1 aliphatic rings. The maximum atomic E-state index is 12.1. The van der Waals surface area contributed by atoms with E-state index in [2.05, 4.69) is 32.5 Å². The van der Waals surface area contributed by atoms with Crippen LogP contribution in [0.1, 0.15) is 23.2 Å². The lowest BCUT2D eigenvalue weighted by Gasteiger charge is -2.25. The van der Waals surface area contributed by atoms with Crippen LogP contribution in [0.5, 0.6) is 5.75 Å². The molecule has 0 spiro atoms. The number of amides is 3. The number of para-hydroxylation sites is 2. The van der Waals surface area contributed by atoms with E-state index in [4.69, 9.17) is 16.2 Å². The number of carbonyl (C=O) groups is 3. The fraction of sp³-hybridized carbons (Fsp3) is 0.192. The van der Waals surface area contributed by atoms with Gasteiger partial charge in [-0.15, -0.1) is 0 Å². The van der Waals surface area contributed by atoms with Crippen LogP contribution in [0.4, 0.5) is 34.5 Å². The first-order chi connectivity index (χ1) is 18.3. The summed E-state index contributed by atoms with van der Waals surface area (Å²) in [5, 5.41) is 8.83. The fourth-order valence-electron chi connectivity index (χ4n) is 4.18. The maximum Gasteiger partial charge on any atom is 0.254 e. The van der Waals surface area contributed by atoms with E-state index in [1.165, 1.54) is 13.3 Å². The van der Waals surface area contributed by atoms with Crippen LogP contribution >= 0.6 is 0 Å². The highest BCUT2D eigenvalue weighted by Crippen LogP contribution is 2.35. The number of benzene rings is 2. The molecular weight excluding hydrogens is 488 g/mol. The first kappa shape index (κ1) is 25.9. The van der Waals surface area contributed by atoms with Gasteiger partial charge in [-0.05, 0) is 43.2 Å². The lowest BCUT2D eigenvalue weighted by atomic mass is 10.2. The Balaban J connectivity index is 1.63. The molecule has 7 N–H and O–H groups in total. The summed E-state index contributed by atoms with van der Waals surface area (Å²) in [6.07, 6.45) is 4.02. The molecule has 0 aliphatic carbocycles. The van der Waals surface area contributed by atoms with E-state index < -0.39 is 11.8 Å². The summed E-state index contributed by atoms with van der Waals surface area (Å²) >= 11 is 0. The van der Waals surface area contributed by atoms with Crippen molar-refractivity contribution in [1.82, 2.24) is 9.97 Å². The number of primary amides is 2. The monoisotopic (exact) mass is 516 g/mol. The smallest absolute Gasteiger partial charge is 0.254 e. The van der Waals surface area contributed by atoms with Gasteiger partial charge >= 0.3 is 0 Å². The lowest BCUT2D eigenvalue weighted by molar-refractivity contribution is -0.119. The number of carbonyl (C=O) groups excluding carboxylic acids is 3. The zero-order valence-electron chi connectivity index (χ0n) is 20.7. The van der Waals surface area contributed by atoms with Crippen LogP contribution in [0.25, 0.3) is 0 Å². The van der Waals surface area contributed by atoms with Gasteiger partial charge < -0.3 is 37.1 Å². The van der Waals surface area contributed by atoms with Crippen LogP contribution < -0.4 is 37.1 Å². The first-order valence-electron chi connectivity index (χ1n) is 11.8. The van der Waals surface area contributed by atoms with Gasteiger partial charge in [0.15, 0.2) is 0 Å². The predicted octanol–water partition coefficient (Wildman–Crippen LogP) is 2.65. The van der Waals surface area contributed by atoms with Crippen LogP contribution in [0.15, 0.2) is 61.3 Å². The molecule has 0 bridgehead atoms. The van der Waals surface area contributed by atoms with E-state index in [1.54, 1.807) is 36.4 Å². The van der Waals surface area contributed by atoms with E-state index in [1.807, 2.05) is 11.0 Å². The molecule has 3 aromatic rings.